The van der Waals surface area contributed by atoms with Crippen molar-refractivity contribution in [2.75, 3.05) is 13.1 Å². The lowest BCUT2D eigenvalue weighted by molar-refractivity contribution is -0.114. The fourth-order valence-electron chi connectivity index (χ4n) is 2.95. The van der Waals surface area contributed by atoms with Gasteiger partial charge in [0, 0.05) is 42.4 Å². The molecule has 0 unspecified atom stereocenters. The zero-order valence-electron chi connectivity index (χ0n) is 14.5. The van der Waals surface area contributed by atoms with Gasteiger partial charge in [0.1, 0.15) is 0 Å². The van der Waals surface area contributed by atoms with Crippen LogP contribution in [0.1, 0.15) is 42.6 Å². The Bertz CT molecular complexity index is 718. The Morgan fingerprint density at radius 2 is 1.88 bits per heavy atom. The van der Waals surface area contributed by atoms with Gasteiger partial charge in [-0.25, -0.2) is 4.79 Å². The van der Waals surface area contributed by atoms with Gasteiger partial charge in [-0.3, -0.25) is 9.78 Å². The van der Waals surface area contributed by atoms with Crippen LogP contribution in [0.15, 0.2) is 17.7 Å². The van der Waals surface area contributed by atoms with Gasteiger partial charge < -0.3 is 21.7 Å². The van der Waals surface area contributed by atoms with Gasteiger partial charge in [0.05, 0.1) is 11.4 Å². The zero-order valence-corrected chi connectivity index (χ0v) is 14.5. The molecule has 2 fully saturated rings. The second kappa shape index (κ2) is 7.23. The highest BCUT2D eigenvalue weighted by atomic mass is 16.2. The van der Waals surface area contributed by atoms with Gasteiger partial charge >= 0.3 is 6.03 Å². The molecule has 2 heterocycles. The maximum absolute atomic E-state index is 12.3. The number of nitrogens with two attached hydrogens (primary N) is 2. The first-order valence-corrected chi connectivity index (χ1v) is 8.77. The number of primary amides is 1. The summed E-state index contributed by atoms with van der Waals surface area (Å²) >= 11 is 0. The third kappa shape index (κ3) is 4.17. The van der Waals surface area contributed by atoms with E-state index in [2.05, 4.69) is 10.3 Å². The van der Waals surface area contributed by atoms with Gasteiger partial charge in [-0.1, -0.05) is 0 Å². The quantitative estimate of drug-likeness (QED) is 0.744. The highest BCUT2D eigenvalue weighted by Crippen LogP contribution is 2.30. The monoisotopic (exact) mass is 343 g/mol. The lowest BCUT2D eigenvalue weighted by Crippen LogP contribution is -2.37. The number of carbonyl (C=O) groups is 2. The van der Waals surface area contributed by atoms with Crippen LogP contribution in [0.2, 0.25) is 0 Å². The van der Waals surface area contributed by atoms with E-state index >= 15 is 0 Å². The number of hydrogen-bond acceptors (Lipinski definition) is 4. The van der Waals surface area contributed by atoms with E-state index in [1.807, 2.05) is 19.1 Å². The second-order valence-corrected chi connectivity index (χ2v) is 6.80. The molecule has 3 aliphatic rings. The molecule has 1 aromatic heterocycles. The Hall–Kier alpha value is -2.41. The molecule has 4 rings (SSSR count). The smallest absolute Gasteiger partial charge is 0.321 e. The number of pyridine rings is 1. The normalized spacial score (nSPS) is 18.6. The molecule has 1 saturated heterocycles. The van der Waals surface area contributed by atoms with E-state index in [0.29, 0.717) is 23.7 Å². The standard InChI is InChI=1S/C15H18N4O2.C3H7N/c1-9-4-5-10-12(17-9)8-11(14(16)20)13(10)18-15(21)19-6-2-3-7-19;4-3-1-2-3/h4-5H,2-3,6-8H2,1H3,(H2,16,20)(H,18,21);3H,1-2,4H2. The molecule has 1 aromatic rings. The summed E-state index contributed by atoms with van der Waals surface area (Å²) in [5.74, 6) is -0.512. The maximum atomic E-state index is 12.3. The Balaban J connectivity index is 0.000000401. The molecule has 0 radical (unpaired) electrons. The average Bonchev–Trinajstić information content (AvgIpc) is 3.04. The number of fused-ring (bicyclic) bond motifs is 1. The summed E-state index contributed by atoms with van der Waals surface area (Å²) in [6.07, 6.45) is 4.95. The topological polar surface area (TPSA) is 114 Å². The lowest BCUT2D eigenvalue weighted by atomic mass is 10.2. The number of amides is 3. The van der Waals surface area contributed by atoms with Gasteiger partial charge in [-0.2, -0.15) is 0 Å². The Morgan fingerprint density at radius 1 is 1.24 bits per heavy atom. The largest absolute Gasteiger partial charge is 0.366 e. The predicted octanol–water partition coefficient (Wildman–Crippen LogP) is 1.06. The third-order valence-electron chi connectivity index (χ3n) is 4.57. The van der Waals surface area contributed by atoms with Crippen LogP contribution in [0, 0.1) is 6.92 Å². The minimum Gasteiger partial charge on any atom is -0.366 e. The first kappa shape index (κ1) is 17.4. The summed E-state index contributed by atoms with van der Waals surface area (Å²) in [7, 11) is 0. The molecule has 25 heavy (non-hydrogen) atoms. The minimum absolute atomic E-state index is 0.172. The van der Waals surface area contributed by atoms with Crippen LogP contribution in [-0.2, 0) is 11.2 Å². The van der Waals surface area contributed by atoms with E-state index < -0.39 is 5.91 Å². The van der Waals surface area contributed by atoms with Crippen LogP contribution in [-0.4, -0.2) is 41.0 Å². The van der Waals surface area contributed by atoms with E-state index in [1.54, 1.807) is 4.90 Å². The SMILES string of the molecule is Cc1ccc2c(n1)CC(C(N)=O)=C2NC(=O)N1CCCC1.NC1CC1. The minimum atomic E-state index is -0.512. The highest BCUT2D eigenvalue weighted by Gasteiger charge is 2.29. The third-order valence-corrected chi connectivity index (χ3v) is 4.57. The van der Waals surface area contributed by atoms with Crippen LogP contribution in [0.25, 0.3) is 5.70 Å². The molecule has 134 valence electrons. The summed E-state index contributed by atoms with van der Waals surface area (Å²) < 4.78 is 0. The number of rotatable bonds is 2. The number of nitrogens with zero attached hydrogens (tertiary/aromatic N) is 2. The van der Waals surface area contributed by atoms with Crippen molar-refractivity contribution in [1.82, 2.24) is 15.2 Å². The van der Waals surface area contributed by atoms with Gasteiger partial charge in [-0.05, 0) is 44.7 Å². The molecular weight excluding hydrogens is 318 g/mol. The number of aromatic nitrogens is 1. The van der Waals surface area contributed by atoms with Crippen molar-refractivity contribution in [1.29, 1.82) is 0 Å². The summed E-state index contributed by atoms with van der Waals surface area (Å²) in [6.45, 7) is 3.40. The Morgan fingerprint density at radius 3 is 2.44 bits per heavy atom. The van der Waals surface area contributed by atoms with Crippen molar-refractivity contribution < 1.29 is 9.59 Å². The van der Waals surface area contributed by atoms with Crippen molar-refractivity contribution in [2.45, 2.75) is 45.1 Å². The highest BCUT2D eigenvalue weighted by molar-refractivity contribution is 6.05. The molecule has 2 aliphatic carbocycles. The van der Waals surface area contributed by atoms with Crippen LogP contribution >= 0.6 is 0 Å². The number of urea groups is 1. The molecule has 5 N–H and O–H groups in total. The number of hydrogen-bond donors (Lipinski definition) is 3. The molecule has 0 atom stereocenters. The summed E-state index contributed by atoms with van der Waals surface area (Å²) in [4.78, 5) is 30.1. The van der Waals surface area contributed by atoms with E-state index in [9.17, 15) is 9.59 Å². The molecule has 7 heteroatoms. The van der Waals surface area contributed by atoms with Crippen molar-refractivity contribution in [3.8, 4) is 0 Å². The van der Waals surface area contributed by atoms with Gasteiger partial charge in [0.25, 0.3) is 0 Å². The lowest BCUT2D eigenvalue weighted by Gasteiger charge is -2.17. The van der Waals surface area contributed by atoms with Gasteiger partial charge in [-0.15, -0.1) is 0 Å². The van der Waals surface area contributed by atoms with Crippen molar-refractivity contribution in [3.63, 3.8) is 0 Å². The molecule has 0 spiro atoms. The van der Waals surface area contributed by atoms with Crippen LogP contribution in [0.4, 0.5) is 4.79 Å². The number of nitrogens with one attached hydrogen (secondary N) is 1. The molecule has 3 amide bonds. The van der Waals surface area contributed by atoms with Gasteiger partial charge in [0.2, 0.25) is 5.91 Å². The first-order valence-electron chi connectivity index (χ1n) is 8.77. The molecule has 1 aliphatic heterocycles. The Labute approximate surface area is 147 Å². The Kier molecular flexibility index (Phi) is 5.03. The molecule has 0 bridgehead atoms. The molecule has 1 saturated carbocycles. The fourth-order valence-corrected chi connectivity index (χ4v) is 2.95. The molecule has 0 aromatic carbocycles. The summed E-state index contributed by atoms with van der Waals surface area (Å²) in [5.41, 5.74) is 14.1. The second-order valence-electron chi connectivity index (χ2n) is 6.80. The van der Waals surface area contributed by atoms with Crippen molar-refractivity contribution in [3.05, 3.63) is 34.7 Å². The number of aryl methyl sites for hydroxylation is 1. The van der Waals surface area contributed by atoms with Crippen LogP contribution in [0.5, 0.6) is 0 Å². The average molecular weight is 343 g/mol. The molecular formula is C18H25N5O2. The number of carbonyl (C=O) groups excluding carboxylic acids is 2. The van der Waals surface area contributed by atoms with E-state index in [1.165, 1.54) is 12.8 Å². The van der Waals surface area contributed by atoms with E-state index in [0.717, 1.165) is 42.9 Å². The predicted molar refractivity (Wildman–Crippen MR) is 95.3 cm³/mol. The molecule has 7 nitrogen and oxygen atoms in total. The maximum Gasteiger partial charge on any atom is 0.321 e. The van der Waals surface area contributed by atoms with Crippen LogP contribution < -0.4 is 16.8 Å². The summed E-state index contributed by atoms with van der Waals surface area (Å²) in [5, 5.41) is 2.85. The van der Waals surface area contributed by atoms with Gasteiger partial charge in [0.15, 0.2) is 0 Å². The fraction of sp³-hybridized carbons (Fsp3) is 0.500. The zero-order chi connectivity index (χ0) is 18.0. The first-order chi connectivity index (χ1) is 12.0. The van der Waals surface area contributed by atoms with E-state index in [4.69, 9.17) is 11.5 Å². The number of likely N-dealkylation sites (tertiary alicyclic amines) is 1. The van der Waals surface area contributed by atoms with Crippen molar-refractivity contribution in [2.24, 2.45) is 11.5 Å². The van der Waals surface area contributed by atoms with E-state index in [-0.39, 0.29) is 6.03 Å². The van der Waals surface area contributed by atoms with Crippen LogP contribution in [0.3, 0.4) is 0 Å². The summed E-state index contributed by atoms with van der Waals surface area (Å²) in [6, 6.07) is 4.16. The van der Waals surface area contributed by atoms with Crippen molar-refractivity contribution >= 4 is 17.6 Å².